The molecule has 0 aromatic carbocycles. The first-order chi connectivity index (χ1) is 5.95. The van der Waals surface area contributed by atoms with E-state index >= 15 is 0 Å². The number of pyridine rings is 1. The van der Waals surface area contributed by atoms with Gasteiger partial charge in [0.25, 0.3) is 0 Å². The second kappa shape index (κ2) is 3.54. The lowest BCUT2D eigenvalue weighted by Gasteiger charge is -2.29. The summed E-state index contributed by atoms with van der Waals surface area (Å²) in [5.41, 5.74) is 0. The summed E-state index contributed by atoms with van der Waals surface area (Å²) in [6.45, 7) is 3.03. The normalized spacial score (nSPS) is 17.0. The number of aromatic nitrogens is 1. The number of hydrogen-bond acceptors (Lipinski definition) is 3. The van der Waals surface area contributed by atoms with Crippen molar-refractivity contribution in [3.8, 4) is 5.75 Å². The van der Waals surface area contributed by atoms with Gasteiger partial charge in [0.2, 0.25) is 0 Å². The van der Waals surface area contributed by atoms with E-state index in [1.807, 2.05) is 12.1 Å². The molecule has 0 unspecified atom stereocenters. The molecule has 1 fully saturated rings. The lowest BCUT2D eigenvalue weighted by Crippen LogP contribution is -2.39. The fraction of sp³-hybridized carbons (Fsp3) is 0.444. The van der Waals surface area contributed by atoms with Gasteiger partial charge in [0, 0.05) is 19.3 Å². The molecular weight excluding hydrogens is 152 g/mol. The van der Waals surface area contributed by atoms with E-state index in [1.54, 1.807) is 12.4 Å². The van der Waals surface area contributed by atoms with Crippen LogP contribution in [-0.4, -0.2) is 29.7 Å². The molecule has 1 aromatic rings. The van der Waals surface area contributed by atoms with Gasteiger partial charge in [0.05, 0.1) is 6.20 Å². The van der Waals surface area contributed by atoms with Crippen LogP contribution < -0.4 is 4.74 Å². The molecule has 0 amide bonds. The number of hydrogen-bond donors (Lipinski definition) is 0. The SMILES string of the molecule is c1cncc(OCN2CCC2)c1. The molecule has 0 N–H and O–H groups in total. The highest BCUT2D eigenvalue weighted by atomic mass is 16.5. The Labute approximate surface area is 72.0 Å². The molecule has 0 atom stereocenters. The minimum Gasteiger partial charge on any atom is -0.477 e. The molecule has 2 rings (SSSR count). The van der Waals surface area contributed by atoms with Gasteiger partial charge in [0.1, 0.15) is 12.5 Å². The third-order valence-electron chi connectivity index (χ3n) is 2.00. The van der Waals surface area contributed by atoms with Crippen LogP contribution in [0.5, 0.6) is 5.75 Å². The fourth-order valence-corrected chi connectivity index (χ4v) is 1.11. The van der Waals surface area contributed by atoms with Crippen molar-refractivity contribution >= 4 is 0 Å². The van der Waals surface area contributed by atoms with Gasteiger partial charge < -0.3 is 4.74 Å². The largest absolute Gasteiger partial charge is 0.477 e. The van der Waals surface area contributed by atoms with Crippen LogP contribution in [-0.2, 0) is 0 Å². The summed E-state index contributed by atoms with van der Waals surface area (Å²) in [7, 11) is 0. The third-order valence-corrected chi connectivity index (χ3v) is 2.00. The highest BCUT2D eigenvalue weighted by Gasteiger charge is 2.13. The molecule has 2 heterocycles. The molecule has 1 aromatic heterocycles. The summed E-state index contributed by atoms with van der Waals surface area (Å²) >= 11 is 0. The first-order valence-corrected chi connectivity index (χ1v) is 4.20. The van der Waals surface area contributed by atoms with Gasteiger partial charge >= 0.3 is 0 Å². The highest BCUT2D eigenvalue weighted by molar-refractivity contribution is 5.15. The van der Waals surface area contributed by atoms with Crippen molar-refractivity contribution < 1.29 is 4.74 Å². The molecular formula is C9H12N2O. The van der Waals surface area contributed by atoms with E-state index in [1.165, 1.54) is 19.5 Å². The van der Waals surface area contributed by atoms with E-state index in [0.717, 1.165) is 5.75 Å². The van der Waals surface area contributed by atoms with E-state index in [9.17, 15) is 0 Å². The van der Waals surface area contributed by atoms with Gasteiger partial charge in [-0.15, -0.1) is 0 Å². The van der Waals surface area contributed by atoms with Gasteiger partial charge in [-0.2, -0.15) is 0 Å². The average molecular weight is 164 g/mol. The molecule has 1 aliphatic rings. The number of likely N-dealkylation sites (tertiary alicyclic amines) is 1. The first kappa shape index (κ1) is 7.55. The maximum atomic E-state index is 5.47. The summed E-state index contributed by atoms with van der Waals surface area (Å²) < 4.78 is 5.47. The zero-order valence-electron chi connectivity index (χ0n) is 6.94. The fourth-order valence-electron chi connectivity index (χ4n) is 1.11. The summed E-state index contributed by atoms with van der Waals surface area (Å²) in [5, 5.41) is 0. The van der Waals surface area contributed by atoms with Crippen molar-refractivity contribution in [2.75, 3.05) is 19.8 Å². The molecule has 1 aliphatic heterocycles. The first-order valence-electron chi connectivity index (χ1n) is 4.20. The summed E-state index contributed by atoms with van der Waals surface area (Å²) in [6, 6.07) is 3.80. The molecule has 0 aliphatic carbocycles. The Bertz CT molecular complexity index is 234. The molecule has 1 saturated heterocycles. The molecule has 12 heavy (non-hydrogen) atoms. The average Bonchev–Trinajstić information content (AvgIpc) is 2.04. The number of ether oxygens (including phenoxy) is 1. The van der Waals surface area contributed by atoms with E-state index in [-0.39, 0.29) is 0 Å². The van der Waals surface area contributed by atoms with E-state index in [4.69, 9.17) is 4.74 Å². The van der Waals surface area contributed by atoms with Gasteiger partial charge in [-0.1, -0.05) is 0 Å². The summed E-state index contributed by atoms with van der Waals surface area (Å²) in [6.07, 6.45) is 4.78. The van der Waals surface area contributed by atoms with Crippen molar-refractivity contribution in [1.29, 1.82) is 0 Å². The van der Waals surface area contributed by atoms with E-state index in [2.05, 4.69) is 9.88 Å². The molecule has 0 saturated carbocycles. The number of rotatable bonds is 3. The van der Waals surface area contributed by atoms with Crippen molar-refractivity contribution in [3.63, 3.8) is 0 Å². The second-order valence-corrected chi connectivity index (χ2v) is 2.93. The molecule has 3 heteroatoms. The Balaban J connectivity index is 1.79. The lowest BCUT2D eigenvalue weighted by atomic mass is 10.2. The zero-order valence-corrected chi connectivity index (χ0v) is 6.94. The van der Waals surface area contributed by atoms with Crippen molar-refractivity contribution in [2.45, 2.75) is 6.42 Å². The maximum Gasteiger partial charge on any atom is 0.142 e. The quantitative estimate of drug-likeness (QED) is 0.669. The topological polar surface area (TPSA) is 25.4 Å². The van der Waals surface area contributed by atoms with Crippen LogP contribution in [0.15, 0.2) is 24.5 Å². The van der Waals surface area contributed by atoms with Crippen LogP contribution in [0.2, 0.25) is 0 Å². The Morgan fingerprint density at radius 3 is 3.00 bits per heavy atom. The highest BCUT2D eigenvalue weighted by Crippen LogP contribution is 2.09. The standard InChI is InChI=1S/C9H12N2O/c1-3-9(7-10-4-1)12-8-11-5-2-6-11/h1,3-4,7H,2,5-6,8H2. The summed E-state index contributed by atoms with van der Waals surface area (Å²) in [5.74, 6) is 0.851. The smallest absolute Gasteiger partial charge is 0.142 e. The second-order valence-electron chi connectivity index (χ2n) is 2.93. The Hall–Kier alpha value is -1.09. The van der Waals surface area contributed by atoms with Crippen LogP contribution in [0.4, 0.5) is 0 Å². The monoisotopic (exact) mass is 164 g/mol. The zero-order chi connectivity index (χ0) is 8.23. The minimum atomic E-state index is 0.700. The molecule has 0 bridgehead atoms. The molecule has 0 spiro atoms. The Kier molecular flexibility index (Phi) is 2.23. The van der Waals surface area contributed by atoms with Crippen molar-refractivity contribution in [3.05, 3.63) is 24.5 Å². The van der Waals surface area contributed by atoms with E-state index in [0.29, 0.717) is 6.73 Å². The third kappa shape index (κ3) is 1.74. The van der Waals surface area contributed by atoms with Gasteiger partial charge in [0.15, 0.2) is 0 Å². The predicted molar refractivity (Wildman–Crippen MR) is 45.9 cm³/mol. The van der Waals surface area contributed by atoms with Crippen LogP contribution in [0.25, 0.3) is 0 Å². The van der Waals surface area contributed by atoms with E-state index < -0.39 is 0 Å². The van der Waals surface area contributed by atoms with Crippen molar-refractivity contribution in [1.82, 2.24) is 9.88 Å². The van der Waals surface area contributed by atoms with Crippen LogP contribution >= 0.6 is 0 Å². The molecule has 3 nitrogen and oxygen atoms in total. The van der Waals surface area contributed by atoms with Crippen LogP contribution in [0.1, 0.15) is 6.42 Å². The van der Waals surface area contributed by atoms with Gasteiger partial charge in [-0.25, -0.2) is 0 Å². The molecule has 64 valence electrons. The minimum absolute atomic E-state index is 0.700. The van der Waals surface area contributed by atoms with Crippen LogP contribution in [0, 0.1) is 0 Å². The van der Waals surface area contributed by atoms with Crippen molar-refractivity contribution in [2.24, 2.45) is 0 Å². The van der Waals surface area contributed by atoms with Gasteiger partial charge in [-0.05, 0) is 18.6 Å². The molecule has 0 radical (unpaired) electrons. The van der Waals surface area contributed by atoms with Crippen LogP contribution in [0.3, 0.4) is 0 Å². The summed E-state index contributed by atoms with van der Waals surface area (Å²) in [4.78, 5) is 6.22. The van der Waals surface area contributed by atoms with Gasteiger partial charge in [-0.3, -0.25) is 9.88 Å². The predicted octanol–water partition coefficient (Wildman–Crippen LogP) is 1.12. The Morgan fingerprint density at radius 1 is 1.50 bits per heavy atom. The maximum absolute atomic E-state index is 5.47. The lowest BCUT2D eigenvalue weighted by molar-refractivity contribution is 0.0728. The Morgan fingerprint density at radius 2 is 2.42 bits per heavy atom. The number of nitrogens with zero attached hydrogens (tertiary/aromatic N) is 2.